The number of rotatable bonds is 10. The van der Waals surface area contributed by atoms with Gasteiger partial charge in [-0.2, -0.15) is 0 Å². The van der Waals surface area contributed by atoms with E-state index in [1.165, 1.54) is 0 Å². The lowest BCUT2D eigenvalue weighted by Crippen LogP contribution is -2.44. The molecule has 0 spiro atoms. The monoisotopic (exact) mass is 462 g/mol. The molecule has 3 aromatic carbocycles. The molecule has 0 saturated carbocycles. The summed E-state index contributed by atoms with van der Waals surface area (Å²) in [4.78, 5) is 28.4. The van der Waals surface area contributed by atoms with Crippen LogP contribution < -0.4 is 10.1 Å². The Balaban J connectivity index is 1.98. The van der Waals surface area contributed by atoms with E-state index in [2.05, 4.69) is 11.9 Å². The molecule has 0 heterocycles. The number of ether oxygens (including phenoxy) is 1. The molecule has 1 atom stereocenters. The summed E-state index contributed by atoms with van der Waals surface area (Å²) in [6.45, 7) is 4.24. The van der Waals surface area contributed by atoms with E-state index in [1.807, 2.05) is 66.7 Å². The molecule has 170 valence electrons. The quantitative estimate of drug-likeness (QED) is 0.433. The predicted molar refractivity (Wildman–Crippen MR) is 131 cm³/mol. The number of benzene rings is 3. The normalized spacial score (nSPS) is 11.3. The van der Waals surface area contributed by atoms with Gasteiger partial charge >= 0.3 is 0 Å². The first-order valence-electron chi connectivity index (χ1n) is 10.6. The van der Waals surface area contributed by atoms with Gasteiger partial charge in [-0.15, -0.1) is 6.58 Å². The van der Waals surface area contributed by atoms with Gasteiger partial charge in [0.25, 0.3) is 0 Å². The Hall–Kier alpha value is -3.57. The summed E-state index contributed by atoms with van der Waals surface area (Å²) in [6, 6.07) is 23.1. The van der Waals surface area contributed by atoms with E-state index in [9.17, 15) is 9.59 Å². The van der Waals surface area contributed by atoms with Crippen molar-refractivity contribution in [2.75, 3.05) is 13.7 Å². The first-order chi connectivity index (χ1) is 16.0. The summed E-state index contributed by atoms with van der Waals surface area (Å²) in [6.07, 6.45) is 1.76. The van der Waals surface area contributed by atoms with Crippen molar-refractivity contribution in [1.29, 1.82) is 0 Å². The molecule has 1 N–H and O–H groups in total. The van der Waals surface area contributed by atoms with Gasteiger partial charge in [-0.25, -0.2) is 0 Å². The second-order valence-electron chi connectivity index (χ2n) is 7.52. The highest BCUT2D eigenvalue weighted by atomic mass is 35.5. The fourth-order valence-electron chi connectivity index (χ4n) is 3.51. The van der Waals surface area contributed by atoms with E-state index >= 15 is 0 Å². The van der Waals surface area contributed by atoms with Crippen LogP contribution in [0.2, 0.25) is 5.02 Å². The second kappa shape index (κ2) is 11.9. The van der Waals surface area contributed by atoms with Crippen molar-refractivity contribution < 1.29 is 14.3 Å². The molecule has 0 fully saturated rings. The fraction of sp³-hybridized carbons (Fsp3) is 0.185. The van der Waals surface area contributed by atoms with Crippen LogP contribution in [0.15, 0.2) is 91.5 Å². The number of carbonyl (C=O) groups excluding carboxylic acids is 2. The number of nitrogens with one attached hydrogen (secondary N) is 1. The van der Waals surface area contributed by atoms with E-state index in [0.29, 0.717) is 11.6 Å². The molecule has 6 heteroatoms. The standard InChI is InChI=1S/C27H27ClN2O3/c1-3-17-29-27(32)26(22-7-5-4-6-8-22)30(19-21-11-15-24(33-2)16-12-21)25(31)18-20-9-13-23(28)14-10-20/h3-16,26H,1,17-19H2,2H3,(H,29,32). The van der Waals surface area contributed by atoms with Gasteiger partial charge in [-0.1, -0.05) is 72.3 Å². The molecule has 0 aliphatic carbocycles. The minimum atomic E-state index is -0.798. The lowest BCUT2D eigenvalue weighted by Gasteiger charge is -2.31. The minimum Gasteiger partial charge on any atom is -0.497 e. The van der Waals surface area contributed by atoms with Crippen molar-refractivity contribution in [3.63, 3.8) is 0 Å². The summed E-state index contributed by atoms with van der Waals surface area (Å²) in [7, 11) is 1.60. The maximum Gasteiger partial charge on any atom is 0.247 e. The average molecular weight is 463 g/mol. The van der Waals surface area contributed by atoms with Crippen LogP contribution in [0.5, 0.6) is 5.75 Å². The van der Waals surface area contributed by atoms with Gasteiger partial charge < -0.3 is 15.0 Å². The Morgan fingerprint density at radius 1 is 1.00 bits per heavy atom. The lowest BCUT2D eigenvalue weighted by molar-refractivity contribution is -0.141. The number of nitrogens with zero attached hydrogens (tertiary/aromatic N) is 1. The second-order valence-corrected chi connectivity index (χ2v) is 7.96. The molecule has 3 aromatic rings. The summed E-state index contributed by atoms with van der Waals surface area (Å²) in [5.74, 6) is 0.288. The maximum absolute atomic E-state index is 13.6. The molecule has 5 nitrogen and oxygen atoms in total. The van der Waals surface area contributed by atoms with Crippen LogP contribution in [0, 0.1) is 0 Å². The molecule has 0 aliphatic heterocycles. The van der Waals surface area contributed by atoms with E-state index in [1.54, 1.807) is 30.2 Å². The van der Waals surface area contributed by atoms with Crippen molar-refractivity contribution in [3.8, 4) is 5.75 Å². The molecule has 2 amide bonds. The Kier molecular flexibility index (Phi) is 8.67. The summed E-state index contributed by atoms with van der Waals surface area (Å²) in [5.41, 5.74) is 2.44. The summed E-state index contributed by atoms with van der Waals surface area (Å²) < 4.78 is 5.24. The molecule has 33 heavy (non-hydrogen) atoms. The van der Waals surface area contributed by atoms with Crippen LogP contribution >= 0.6 is 11.6 Å². The Morgan fingerprint density at radius 2 is 1.64 bits per heavy atom. The van der Waals surface area contributed by atoms with Gasteiger partial charge in [0.2, 0.25) is 11.8 Å². The molecule has 0 radical (unpaired) electrons. The van der Waals surface area contributed by atoms with Crippen LogP contribution in [0.25, 0.3) is 0 Å². The highest BCUT2D eigenvalue weighted by Crippen LogP contribution is 2.26. The third-order valence-electron chi connectivity index (χ3n) is 5.20. The Labute approximate surface area is 199 Å². The minimum absolute atomic E-state index is 0.144. The number of hydrogen-bond acceptors (Lipinski definition) is 3. The van der Waals surface area contributed by atoms with Gasteiger partial charge in [0.05, 0.1) is 13.5 Å². The lowest BCUT2D eigenvalue weighted by atomic mass is 10.0. The maximum atomic E-state index is 13.6. The zero-order chi connectivity index (χ0) is 23.6. The predicted octanol–water partition coefficient (Wildman–Crippen LogP) is 4.96. The van der Waals surface area contributed by atoms with E-state index in [0.717, 1.165) is 22.4 Å². The highest BCUT2D eigenvalue weighted by Gasteiger charge is 2.31. The average Bonchev–Trinajstić information content (AvgIpc) is 2.84. The molecule has 1 unspecified atom stereocenters. The largest absolute Gasteiger partial charge is 0.497 e. The summed E-state index contributed by atoms with van der Waals surface area (Å²) >= 11 is 6.00. The van der Waals surface area contributed by atoms with Gasteiger partial charge in [-0.3, -0.25) is 9.59 Å². The third-order valence-corrected chi connectivity index (χ3v) is 5.45. The van der Waals surface area contributed by atoms with Crippen LogP contribution in [0.4, 0.5) is 0 Å². The molecule has 0 aromatic heterocycles. The molecule has 0 saturated heterocycles. The number of amides is 2. The van der Waals surface area contributed by atoms with E-state index in [4.69, 9.17) is 16.3 Å². The molecular formula is C27H27ClN2O3. The fourth-order valence-corrected chi connectivity index (χ4v) is 3.63. The number of halogens is 1. The van der Waals surface area contributed by atoms with Gasteiger partial charge in [-0.05, 0) is 41.0 Å². The zero-order valence-electron chi connectivity index (χ0n) is 18.5. The first kappa shape index (κ1) is 24.1. The Morgan fingerprint density at radius 3 is 2.24 bits per heavy atom. The Bertz CT molecular complexity index is 1070. The van der Waals surface area contributed by atoms with Gasteiger partial charge in [0, 0.05) is 18.1 Å². The van der Waals surface area contributed by atoms with Crippen LogP contribution in [-0.4, -0.2) is 30.4 Å². The SMILES string of the molecule is C=CCNC(=O)C(c1ccccc1)N(Cc1ccc(OC)cc1)C(=O)Cc1ccc(Cl)cc1. The molecular weight excluding hydrogens is 436 g/mol. The number of carbonyl (C=O) groups is 2. The van der Waals surface area contributed by atoms with Crippen molar-refractivity contribution in [3.05, 3.63) is 113 Å². The topological polar surface area (TPSA) is 58.6 Å². The van der Waals surface area contributed by atoms with Crippen molar-refractivity contribution >= 4 is 23.4 Å². The van der Waals surface area contributed by atoms with Crippen molar-refractivity contribution in [2.45, 2.75) is 19.0 Å². The smallest absolute Gasteiger partial charge is 0.247 e. The molecule has 3 rings (SSSR count). The van der Waals surface area contributed by atoms with Crippen molar-refractivity contribution in [2.24, 2.45) is 0 Å². The van der Waals surface area contributed by atoms with Gasteiger partial charge in [0.1, 0.15) is 11.8 Å². The van der Waals surface area contributed by atoms with E-state index in [-0.39, 0.29) is 24.8 Å². The van der Waals surface area contributed by atoms with Crippen LogP contribution in [-0.2, 0) is 22.6 Å². The van der Waals surface area contributed by atoms with Crippen LogP contribution in [0.3, 0.4) is 0 Å². The third kappa shape index (κ3) is 6.70. The number of methoxy groups -OCH3 is 1. The molecule has 0 bridgehead atoms. The van der Waals surface area contributed by atoms with E-state index < -0.39 is 6.04 Å². The van der Waals surface area contributed by atoms with Crippen molar-refractivity contribution in [1.82, 2.24) is 10.2 Å². The highest BCUT2D eigenvalue weighted by molar-refractivity contribution is 6.30. The molecule has 0 aliphatic rings. The van der Waals surface area contributed by atoms with Crippen LogP contribution in [0.1, 0.15) is 22.7 Å². The van der Waals surface area contributed by atoms with Gasteiger partial charge in [0.15, 0.2) is 0 Å². The first-order valence-corrected chi connectivity index (χ1v) is 11.0. The zero-order valence-corrected chi connectivity index (χ0v) is 19.3. The number of hydrogen-bond donors (Lipinski definition) is 1. The summed E-state index contributed by atoms with van der Waals surface area (Å²) in [5, 5.41) is 3.46.